The normalized spacial score (nSPS) is 15.3. The predicted octanol–water partition coefficient (Wildman–Crippen LogP) is 1.84. The van der Waals surface area contributed by atoms with Crippen LogP contribution in [0.3, 0.4) is 0 Å². The van der Waals surface area contributed by atoms with Crippen molar-refractivity contribution in [1.29, 1.82) is 0 Å². The van der Waals surface area contributed by atoms with Crippen molar-refractivity contribution in [2.24, 2.45) is 0 Å². The summed E-state index contributed by atoms with van der Waals surface area (Å²) in [7, 11) is 0. The molecule has 0 spiro atoms. The molecule has 0 saturated carbocycles. The molecule has 1 aliphatic rings. The predicted molar refractivity (Wildman–Crippen MR) is 75.1 cm³/mol. The van der Waals surface area contributed by atoms with Crippen LogP contribution in [0, 0.1) is 5.82 Å². The summed E-state index contributed by atoms with van der Waals surface area (Å²) in [4.78, 5) is 27.0. The number of Topliss-reactive ketones (excluding diaryl/α,β-unsaturated/α-hetero) is 1. The molecule has 4 nitrogen and oxygen atoms in total. The SMILES string of the molecule is CCN(CC(=O)N1CCC(=O)CC1)c1ccc(F)cc1. The van der Waals surface area contributed by atoms with Crippen LogP contribution in [0.5, 0.6) is 0 Å². The molecule has 1 aliphatic heterocycles. The molecule has 0 N–H and O–H groups in total. The first kappa shape index (κ1) is 14.5. The molecule has 108 valence electrons. The molecule has 1 saturated heterocycles. The van der Waals surface area contributed by atoms with Gasteiger partial charge in [0.05, 0.1) is 6.54 Å². The Hall–Kier alpha value is -1.91. The van der Waals surface area contributed by atoms with Crippen molar-refractivity contribution in [1.82, 2.24) is 4.90 Å². The average Bonchev–Trinajstić information content (AvgIpc) is 2.46. The second kappa shape index (κ2) is 6.50. The Labute approximate surface area is 118 Å². The van der Waals surface area contributed by atoms with E-state index in [1.54, 1.807) is 17.0 Å². The van der Waals surface area contributed by atoms with Gasteiger partial charge in [0.1, 0.15) is 11.6 Å². The summed E-state index contributed by atoms with van der Waals surface area (Å²) >= 11 is 0. The molecule has 1 aromatic rings. The van der Waals surface area contributed by atoms with E-state index in [-0.39, 0.29) is 24.1 Å². The lowest BCUT2D eigenvalue weighted by molar-refractivity contribution is -0.133. The monoisotopic (exact) mass is 278 g/mol. The number of likely N-dealkylation sites (N-methyl/N-ethyl adjacent to an activating group) is 1. The zero-order valence-corrected chi connectivity index (χ0v) is 11.6. The molecule has 2 rings (SSSR count). The van der Waals surface area contributed by atoms with Gasteiger partial charge >= 0.3 is 0 Å². The molecular formula is C15H19FN2O2. The lowest BCUT2D eigenvalue weighted by Crippen LogP contribution is -2.44. The minimum atomic E-state index is -0.286. The first-order valence-electron chi connectivity index (χ1n) is 6.90. The fraction of sp³-hybridized carbons (Fsp3) is 0.467. The summed E-state index contributed by atoms with van der Waals surface area (Å²) in [6.45, 7) is 3.91. The molecule has 20 heavy (non-hydrogen) atoms. The van der Waals surface area contributed by atoms with Gasteiger partial charge in [-0.15, -0.1) is 0 Å². The maximum atomic E-state index is 12.9. The molecule has 0 aliphatic carbocycles. The van der Waals surface area contributed by atoms with Crippen LogP contribution in [0.2, 0.25) is 0 Å². The lowest BCUT2D eigenvalue weighted by Gasteiger charge is -2.30. The van der Waals surface area contributed by atoms with Crippen LogP contribution in [-0.2, 0) is 9.59 Å². The van der Waals surface area contributed by atoms with Crippen LogP contribution >= 0.6 is 0 Å². The highest BCUT2D eigenvalue weighted by Crippen LogP contribution is 2.15. The lowest BCUT2D eigenvalue weighted by atomic mass is 10.1. The van der Waals surface area contributed by atoms with Gasteiger partial charge in [-0.3, -0.25) is 9.59 Å². The summed E-state index contributed by atoms with van der Waals surface area (Å²) in [6.07, 6.45) is 0.906. The van der Waals surface area contributed by atoms with Crippen molar-refractivity contribution in [3.63, 3.8) is 0 Å². The number of piperidine rings is 1. The number of anilines is 1. The van der Waals surface area contributed by atoms with E-state index in [0.29, 0.717) is 32.5 Å². The van der Waals surface area contributed by atoms with Crippen LogP contribution in [0.25, 0.3) is 0 Å². The van der Waals surface area contributed by atoms with E-state index in [2.05, 4.69) is 0 Å². The Balaban J connectivity index is 1.97. The zero-order chi connectivity index (χ0) is 14.5. The first-order chi connectivity index (χ1) is 9.60. The fourth-order valence-electron chi connectivity index (χ4n) is 2.31. The number of carbonyl (C=O) groups is 2. The van der Waals surface area contributed by atoms with Crippen LogP contribution in [0.15, 0.2) is 24.3 Å². The molecule has 0 bridgehead atoms. The summed E-state index contributed by atoms with van der Waals surface area (Å²) in [5.74, 6) is -0.0470. The molecule has 1 aromatic carbocycles. The van der Waals surface area contributed by atoms with Crippen molar-refractivity contribution in [3.05, 3.63) is 30.1 Å². The molecule has 1 fully saturated rings. The van der Waals surface area contributed by atoms with Gasteiger partial charge in [-0.25, -0.2) is 4.39 Å². The van der Waals surface area contributed by atoms with Crippen LogP contribution in [0.4, 0.5) is 10.1 Å². The Morgan fingerprint density at radius 2 is 1.85 bits per heavy atom. The van der Waals surface area contributed by atoms with Crippen molar-refractivity contribution < 1.29 is 14.0 Å². The minimum absolute atomic E-state index is 0.0173. The third-order valence-corrected chi connectivity index (χ3v) is 3.57. The molecule has 1 amide bonds. The number of nitrogens with zero attached hydrogens (tertiary/aromatic N) is 2. The number of benzene rings is 1. The average molecular weight is 278 g/mol. The van der Waals surface area contributed by atoms with E-state index < -0.39 is 0 Å². The second-order valence-corrected chi connectivity index (χ2v) is 4.91. The Morgan fingerprint density at radius 3 is 2.40 bits per heavy atom. The third kappa shape index (κ3) is 3.56. The summed E-state index contributed by atoms with van der Waals surface area (Å²) in [5.41, 5.74) is 0.829. The number of hydrogen-bond acceptors (Lipinski definition) is 3. The number of halogens is 1. The van der Waals surface area contributed by atoms with E-state index in [1.807, 2.05) is 11.8 Å². The smallest absolute Gasteiger partial charge is 0.242 e. The van der Waals surface area contributed by atoms with Crippen molar-refractivity contribution >= 4 is 17.4 Å². The van der Waals surface area contributed by atoms with Gasteiger partial charge in [-0.05, 0) is 31.2 Å². The summed E-state index contributed by atoms with van der Waals surface area (Å²) in [6, 6.07) is 6.13. The van der Waals surface area contributed by atoms with E-state index in [0.717, 1.165) is 5.69 Å². The number of amides is 1. The number of ketones is 1. The van der Waals surface area contributed by atoms with Gasteiger partial charge in [0, 0.05) is 38.2 Å². The zero-order valence-electron chi connectivity index (χ0n) is 11.6. The quantitative estimate of drug-likeness (QED) is 0.844. The minimum Gasteiger partial charge on any atom is -0.362 e. The molecule has 0 radical (unpaired) electrons. The van der Waals surface area contributed by atoms with Crippen molar-refractivity contribution in [3.8, 4) is 0 Å². The Kier molecular flexibility index (Phi) is 4.71. The van der Waals surface area contributed by atoms with Gasteiger partial charge in [-0.2, -0.15) is 0 Å². The summed E-state index contributed by atoms with van der Waals surface area (Å²) < 4.78 is 12.9. The Bertz CT molecular complexity index is 477. The van der Waals surface area contributed by atoms with E-state index in [4.69, 9.17) is 0 Å². The highest BCUT2D eigenvalue weighted by molar-refractivity contribution is 5.85. The second-order valence-electron chi connectivity index (χ2n) is 4.91. The summed E-state index contributed by atoms with van der Waals surface area (Å²) in [5, 5.41) is 0. The van der Waals surface area contributed by atoms with E-state index in [1.165, 1.54) is 12.1 Å². The first-order valence-corrected chi connectivity index (χ1v) is 6.90. The number of hydrogen-bond donors (Lipinski definition) is 0. The molecule has 0 unspecified atom stereocenters. The maximum Gasteiger partial charge on any atom is 0.242 e. The van der Waals surface area contributed by atoms with Gasteiger partial charge in [-0.1, -0.05) is 0 Å². The van der Waals surface area contributed by atoms with Gasteiger partial charge in [0.2, 0.25) is 5.91 Å². The van der Waals surface area contributed by atoms with Gasteiger partial charge in [0.15, 0.2) is 0 Å². The molecule has 0 atom stereocenters. The molecule has 1 heterocycles. The topological polar surface area (TPSA) is 40.6 Å². The van der Waals surface area contributed by atoms with Crippen LogP contribution in [-0.4, -0.2) is 42.8 Å². The third-order valence-electron chi connectivity index (χ3n) is 3.57. The van der Waals surface area contributed by atoms with E-state index in [9.17, 15) is 14.0 Å². The largest absolute Gasteiger partial charge is 0.362 e. The highest BCUT2D eigenvalue weighted by atomic mass is 19.1. The maximum absolute atomic E-state index is 12.9. The standard InChI is InChI=1S/C15H19FN2O2/c1-2-17(13-5-3-12(16)4-6-13)11-15(20)18-9-7-14(19)8-10-18/h3-6H,2,7-11H2,1H3. The molecule has 5 heteroatoms. The van der Waals surface area contributed by atoms with Crippen LogP contribution in [0.1, 0.15) is 19.8 Å². The van der Waals surface area contributed by atoms with Crippen molar-refractivity contribution in [2.75, 3.05) is 31.1 Å². The fourth-order valence-corrected chi connectivity index (χ4v) is 2.31. The van der Waals surface area contributed by atoms with E-state index >= 15 is 0 Å². The number of rotatable bonds is 4. The highest BCUT2D eigenvalue weighted by Gasteiger charge is 2.22. The van der Waals surface area contributed by atoms with Gasteiger partial charge < -0.3 is 9.80 Å². The molecule has 0 aromatic heterocycles. The number of likely N-dealkylation sites (tertiary alicyclic amines) is 1. The van der Waals surface area contributed by atoms with Gasteiger partial charge in [0.25, 0.3) is 0 Å². The Morgan fingerprint density at radius 1 is 1.25 bits per heavy atom. The number of carbonyl (C=O) groups excluding carboxylic acids is 2. The van der Waals surface area contributed by atoms with Crippen LogP contribution < -0.4 is 4.90 Å². The van der Waals surface area contributed by atoms with Crippen molar-refractivity contribution in [2.45, 2.75) is 19.8 Å². The molecular weight excluding hydrogens is 259 g/mol.